The highest BCUT2D eigenvalue weighted by Gasteiger charge is 2.19. The number of nitrogens with zero attached hydrogens (tertiary/aromatic N) is 1. The molecular weight excluding hydrogens is 292 g/mol. The lowest BCUT2D eigenvalue weighted by molar-refractivity contribution is 0.125. The van der Waals surface area contributed by atoms with Crippen LogP contribution in [0.1, 0.15) is 46.5 Å². The fraction of sp³-hybridized carbons (Fsp3) is 0.611. The molecule has 23 heavy (non-hydrogen) atoms. The molecule has 0 saturated heterocycles. The molecule has 5 heteroatoms. The van der Waals surface area contributed by atoms with Crippen molar-refractivity contribution >= 4 is 11.7 Å². The summed E-state index contributed by atoms with van der Waals surface area (Å²) in [5, 5.41) is 12.4. The molecule has 1 aromatic carbocycles. The van der Waals surface area contributed by atoms with Crippen molar-refractivity contribution in [3.8, 4) is 5.75 Å². The van der Waals surface area contributed by atoms with Crippen LogP contribution in [0.3, 0.4) is 0 Å². The summed E-state index contributed by atoms with van der Waals surface area (Å²) in [5.74, 6) is 0.793. The molecule has 0 heterocycles. The Morgan fingerprint density at radius 3 is 2.65 bits per heavy atom. The van der Waals surface area contributed by atoms with Gasteiger partial charge >= 0.3 is 6.03 Å². The summed E-state index contributed by atoms with van der Waals surface area (Å²) in [6.07, 6.45) is 4.40. The van der Waals surface area contributed by atoms with Gasteiger partial charge in [-0.25, -0.2) is 4.79 Å². The quantitative estimate of drug-likeness (QED) is 0.841. The van der Waals surface area contributed by atoms with Crippen LogP contribution in [0.25, 0.3) is 0 Å². The average Bonchev–Trinajstić information content (AvgIpc) is 2.97. The Hall–Kier alpha value is -1.75. The lowest BCUT2D eigenvalue weighted by Crippen LogP contribution is -2.43. The second kappa shape index (κ2) is 8.20. The highest BCUT2D eigenvalue weighted by atomic mass is 16.5. The lowest BCUT2D eigenvalue weighted by Gasteiger charge is -2.28. The molecule has 1 saturated carbocycles. The number of urea groups is 1. The van der Waals surface area contributed by atoms with E-state index < -0.39 is 6.10 Å². The SMILES string of the molecule is CC(O)CN(C(=O)Nc1cccc(OC2CCCC2)c1)C(C)C. The number of aliphatic hydroxyl groups is 1. The lowest BCUT2D eigenvalue weighted by atomic mass is 10.2. The second-order valence-electron chi connectivity index (χ2n) is 6.58. The van der Waals surface area contributed by atoms with Crippen LogP contribution in [0.5, 0.6) is 5.75 Å². The van der Waals surface area contributed by atoms with E-state index in [9.17, 15) is 9.90 Å². The molecule has 1 fully saturated rings. The molecule has 0 aromatic heterocycles. The van der Waals surface area contributed by atoms with E-state index in [1.807, 2.05) is 38.1 Å². The topological polar surface area (TPSA) is 61.8 Å². The first kappa shape index (κ1) is 17.6. The molecule has 0 spiro atoms. The molecule has 128 valence electrons. The normalized spacial score (nSPS) is 16.4. The van der Waals surface area contributed by atoms with Gasteiger partial charge in [-0.15, -0.1) is 0 Å². The number of amides is 2. The number of hydrogen-bond donors (Lipinski definition) is 2. The van der Waals surface area contributed by atoms with E-state index in [0.29, 0.717) is 18.3 Å². The van der Waals surface area contributed by atoms with E-state index in [4.69, 9.17) is 4.74 Å². The number of carbonyl (C=O) groups is 1. The van der Waals surface area contributed by atoms with Crippen LogP contribution in [-0.4, -0.2) is 40.8 Å². The first-order valence-corrected chi connectivity index (χ1v) is 8.48. The van der Waals surface area contributed by atoms with Crippen LogP contribution < -0.4 is 10.1 Å². The number of benzene rings is 1. The van der Waals surface area contributed by atoms with E-state index in [-0.39, 0.29) is 12.1 Å². The standard InChI is InChI=1S/C18H28N2O3/c1-13(2)20(12-14(3)21)18(22)19-15-7-6-10-17(11-15)23-16-8-4-5-9-16/h6-7,10-11,13-14,16,21H,4-5,8-9,12H2,1-3H3,(H,19,22). The highest BCUT2D eigenvalue weighted by molar-refractivity contribution is 5.89. The van der Waals surface area contributed by atoms with Gasteiger partial charge in [-0.3, -0.25) is 0 Å². The summed E-state index contributed by atoms with van der Waals surface area (Å²) in [5.41, 5.74) is 0.710. The molecular formula is C18H28N2O3. The molecule has 2 N–H and O–H groups in total. The molecule has 1 aliphatic carbocycles. The number of aliphatic hydroxyl groups excluding tert-OH is 1. The van der Waals surface area contributed by atoms with Crippen molar-refractivity contribution in [1.82, 2.24) is 4.90 Å². The number of anilines is 1. The second-order valence-corrected chi connectivity index (χ2v) is 6.58. The van der Waals surface area contributed by atoms with Crippen molar-refractivity contribution in [3.05, 3.63) is 24.3 Å². The maximum atomic E-state index is 12.4. The summed E-state index contributed by atoms with van der Waals surface area (Å²) in [6, 6.07) is 7.32. The maximum Gasteiger partial charge on any atom is 0.322 e. The van der Waals surface area contributed by atoms with E-state index in [2.05, 4.69) is 5.32 Å². The highest BCUT2D eigenvalue weighted by Crippen LogP contribution is 2.26. The fourth-order valence-electron chi connectivity index (χ4n) is 2.85. The number of carbonyl (C=O) groups excluding carboxylic acids is 1. The summed E-state index contributed by atoms with van der Waals surface area (Å²) in [6.45, 7) is 5.85. The van der Waals surface area contributed by atoms with Gasteiger partial charge in [-0.2, -0.15) is 0 Å². The summed E-state index contributed by atoms with van der Waals surface area (Å²) >= 11 is 0. The van der Waals surface area contributed by atoms with Crippen molar-refractivity contribution < 1.29 is 14.6 Å². The minimum absolute atomic E-state index is 0.0162. The predicted molar refractivity (Wildman–Crippen MR) is 91.9 cm³/mol. The van der Waals surface area contributed by atoms with Crippen molar-refractivity contribution in [1.29, 1.82) is 0 Å². The average molecular weight is 320 g/mol. The molecule has 0 aliphatic heterocycles. The van der Waals surface area contributed by atoms with Gasteiger partial charge in [0, 0.05) is 24.3 Å². The first-order valence-electron chi connectivity index (χ1n) is 8.48. The van der Waals surface area contributed by atoms with Gasteiger partial charge in [0.1, 0.15) is 5.75 Å². The molecule has 1 aromatic rings. The van der Waals surface area contributed by atoms with Gasteiger partial charge in [-0.05, 0) is 58.6 Å². The Labute approximate surface area is 138 Å². The first-order chi connectivity index (χ1) is 11.0. The third kappa shape index (κ3) is 5.43. The van der Waals surface area contributed by atoms with Crippen LogP contribution in [0.2, 0.25) is 0 Å². The Morgan fingerprint density at radius 2 is 2.04 bits per heavy atom. The van der Waals surface area contributed by atoms with Gasteiger partial charge in [0.05, 0.1) is 12.2 Å². The molecule has 0 radical (unpaired) electrons. The van der Waals surface area contributed by atoms with E-state index >= 15 is 0 Å². The Kier molecular flexibility index (Phi) is 6.28. The van der Waals surface area contributed by atoms with Crippen LogP contribution in [0.4, 0.5) is 10.5 Å². The van der Waals surface area contributed by atoms with Crippen molar-refractivity contribution in [2.45, 2.75) is 64.7 Å². The van der Waals surface area contributed by atoms with Crippen molar-refractivity contribution in [2.75, 3.05) is 11.9 Å². The Morgan fingerprint density at radius 1 is 1.35 bits per heavy atom. The predicted octanol–water partition coefficient (Wildman–Crippen LogP) is 3.63. The monoisotopic (exact) mass is 320 g/mol. The van der Waals surface area contributed by atoms with E-state index in [1.54, 1.807) is 11.8 Å². The maximum absolute atomic E-state index is 12.4. The molecule has 1 unspecified atom stereocenters. The van der Waals surface area contributed by atoms with Gasteiger partial charge in [0.2, 0.25) is 0 Å². The van der Waals surface area contributed by atoms with Crippen LogP contribution >= 0.6 is 0 Å². The largest absolute Gasteiger partial charge is 0.490 e. The number of ether oxygens (including phenoxy) is 1. The third-order valence-corrected chi connectivity index (χ3v) is 4.04. The smallest absolute Gasteiger partial charge is 0.322 e. The molecule has 2 rings (SSSR count). The van der Waals surface area contributed by atoms with Gasteiger partial charge in [0.15, 0.2) is 0 Å². The van der Waals surface area contributed by atoms with Crippen LogP contribution in [0.15, 0.2) is 24.3 Å². The molecule has 1 atom stereocenters. The van der Waals surface area contributed by atoms with Crippen molar-refractivity contribution in [2.24, 2.45) is 0 Å². The van der Waals surface area contributed by atoms with Gasteiger partial charge < -0.3 is 20.1 Å². The zero-order valence-corrected chi connectivity index (χ0v) is 14.3. The zero-order valence-electron chi connectivity index (χ0n) is 14.3. The molecule has 5 nitrogen and oxygen atoms in total. The molecule has 2 amide bonds. The minimum Gasteiger partial charge on any atom is -0.490 e. The summed E-state index contributed by atoms with van der Waals surface area (Å²) < 4.78 is 5.97. The Bertz CT molecular complexity index is 511. The third-order valence-electron chi connectivity index (χ3n) is 4.04. The fourth-order valence-corrected chi connectivity index (χ4v) is 2.85. The summed E-state index contributed by atoms with van der Waals surface area (Å²) in [7, 11) is 0. The minimum atomic E-state index is -0.555. The van der Waals surface area contributed by atoms with E-state index in [1.165, 1.54) is 12.8 Å². The molecule has 1 aliphatic rings. The molecule has 0 bridgehead atoms. The van der Waals surface area contributed by atoms with Crippen molar-refractivity contribution in [3.63, 3.8) is 0 Å². The number of hydrogen-bond acceptors (Lipinski definition) is 3. The number of rotatable bonds is 6. The van der Waals surface area contributed by atoms with Crippen LogP contribution in [-0.2, 0) is 0 Å². The van der Waals surface area contributed by atoms with Gasteiger partial charge in [0.25, 0.3) is 0 Å². The zero-order chi connectivity index (χ0) is 16.8. The summed E-state index contributed by atoms with van der Waals surface area (Å²) in [4.78, 5) is 14.0. The van der Waals surface area contributed by atoms with Crippen LogP contribution in [0, 0.1) is 0 Å². The van der Waals surface area contributed by atoms with Gasteiger partial charge in [-0.1, -0.05) is 6.07 Å². The Balaban J connectivity index is 1.99. The van der Waals surface area contributed by atoms with E-state index in [0.717, 1.165) is 18.6 Å². The number of nitrogens with one attached hydrogen (secondary N) is 1.